The molecule has 136 valence electrons. The van der Waals surface area contributed by atoms with Crippen LogP contribution in [0.15, 0.2) is 36.9 Å². The molecule has 0 aliphatic carbocycles. The van der Waals surface area contributed by atoms with Gasteiger partial charge in [-0.3, -0.25) is 9.63 Å². The van der Waals surface area contributed by atoms with Gasteiger partial charge in [-0.05, 0) is 40.8 Å². The maximum absolute atomic E-state index is 14.5. The van der Waals surface area contributed by atoms with Gasteiger partial charge in [-0.1, -0.05) is 0 Å². The van der Waals surface area contributed by atoms with E-state index < -0.39 is 17.5 Å². The van der Waals surface area contributed by atoms with Crippen molar-refractivity contribution in [1.29, 1.82) is 0 Å². The largest absolute Gasteiger partial charge is 0.394 e. The van der Waals surface area contributed by atoms with Crippen LogP contribution in [0.3, 0.4) is 0 Å². The maximum Gasteiger partial charge on any atom is 0.280 e. The van der Waals surface area contributed by atoms with Crippen molar-refractivity contribution in [3.05, 3.63) is 57.7 Å². The van der Waals surface area contributed by atoms with Gasteiger partial charge in [0.05, 0.1) is 42.6 Å². The van der Waals surface area contributed by atoms with Gasteiger partial charge >= 0.3 is 0 Å². The van der Waals surface area contributed by atoms with Gasteiger partial charge in [0.2, 0.25) is 0 Å². The van der Waals surface area contributed by atoms with Crippen molar-refractivity contribution in [2.24, 2.45) is 0 Å². The van der Waals surface area contributed by atoms with Crippen LogP contribution < -0.4 is 10.8 Å². The molecule has 0 unspecified atom stereocenters. The number of aliphatic hydroxyl groups is 1. The number of carbonyl (C=O) groups is 1. The fourth-order valence-corrected chi connectivity index (χ4v) is 2.78. The van der Waals surface area contributed by atoms with Gasteiger partial charge < -0.3 is 14.8 Å². The molecule has 7 nitrogen and oxygen atoms in total. The average Bonchev–Trinajstić information content (AvgIpc) is 3.05. The van der Waals surface area contributed by atoms with Crippen LogP contribution in [0.2, 0.25) is 0 Å². The first-order chi connectivity index (χ1) is 12.5. The second-order valence-electron chi connectivity index (χ2n) is 5.17. The molecule has 0 spiro atoms. The lowest BCUT2D eigenvalue weighted by Gasteiger charge is -2.15. The molecule has 3 aromatic rings. The molecule has 0 saturated heterocycles. The summed E-state index contributed by atoms with van der Waals surface area (Å²) in [6.45, 7) is -0.472. The van der Waals surface area contributed by atoms with Crippen molar-refractivity contribution < 1.29 is 23.5 Å². The fraction of sp³-hybridized carbons (Fsp3) is 0.125. The lowest BCUT2D eigenvalue weighted by atomic mass is 10.1. The van der Waals surface area contributed by atoms with Crippen LogP contribution >= 0.6 is 22.6 Å². The third-order valence-corrected chi connectivity index (χ3v) is 4.11. The second-order valence-corrected chi connectivity index (χ2v) is 6.41. The highest BCUT2D eigenvalue weighted by atomic mass is 127. The molecule has 0 aliphatic heterocycles. The van der Waals surface area contributed by atoms with E-state index in [0.29, 0.717) is 9.09 Å². The number of hydrogen-bond donors (Lipinski definition) is 3. The average molecular weight is 474 g/mol. The quantitative estimate of drug-likeness (QED) is 0.291. The third-order valence-electron chi connectivity index (χ3n) is 3.44. The van der Waals surface area contributed by atoms with E-state index in [1.807, 2.05) is 28.1 Å². The molecule has 0 saturated carbocycles. The molecular weight excluding hydrogens is 461 g/mol. The van der Waals surface area contributed by atoms with E-state index >= 15 is 0 Å². The number of pyridine rings is 1. The molecule has 2 heterocycles. The van der Waals surface area contributed by atoms with Crippen molar-refractivity contribution in [1.82, 2.24) is 14.9 Å². The van der Waals surface area contributed by atoms with Gasteiger partial charge in [0.15, 0.2) is 5.82 Å². The molecule has 0 bridgehead atoms. The van der Waals surface area contributed by atoms with E-state index in [-0.39, 0.29) is 30.2 Å². The predicted octanol–water partition coefficient (Wildman–Crippen LogP) is 2.61. The molecule has 10 heteroatoms. The Morgan fingerprint density at radius 2 is 2.15 bits per heavy atom. The molecule has 3 rings (SSSR count). The van der Waals surface area contributed by atoms with Crippen LogP contribution in [-0.2, 0) is 4.84 Å². The van der Waals surface area contributed by atoms with Gasteiger partial charge in [0.1, 0.15) is 11.4 Å². The molecule has 2 aromatic heterocycles. The number of hydroxylamine groups is 1. The minimum atomic E-state index is -0.881. The number of rotatable bonds is 6. The van der Waals surface area contributed by atoms with Crippen LogP contribution in [0.4, 0.5) is 20.2 Å². The number of carbonyl (C=O) groups excluding carboxylic acids is 1. The van der Waals surface area contributed by atoms with Crippen LogP contribution in [0.25, 0.3) is 5.52 Å². The van der Waals surface area contributed by atoms with Crippen LogP contribution in [0, 0.1) is 15.2 Å². The number of fused-ring (bicyclic) bond motifs is 1. The van der Waals surface area contributed by atoms with Crippen molar-refractivity contribution in [3.63, 3.8) is 0 Å². The Kier molecular flexibility index (Phi) is 5.64. The zero-order valence-corrected chi connectivity index (χ0v) is 15.3. The minimum Gasteiger partial charge on any atom is -0.394 e. The summed E-state index contributed by atoms with van der Waals surface area (Å²) in [5.74, 6) is -2.29. The number of anilines is 2. The summed E-state index contributed by atoms with van der Waals surface area (Å²) < 4.78 is 30.8. The van der Waals surface area contributed by atoms with Crippen LogP contribution in [0.1, 0.15) is 10.4 Å². The van der Waals surface area contributed by atoms with Gasteiger partial charge in [0, 0.05) is 9.77 Å². The first-order valence-corrected chi connectivity index (χ1v) is 8.48. The summed E-state index contributed by atoms with van der Waals surface area (Å²) in [5, 5.41) is 11.5. The highest BCUT2D eigenvalue weighted by Gasteiger charge is 2.22. The number of hydrogen-bond acceptors (Lipinski definition) is 5. The Labute approximate surface area is 160 Å². The summed E-state index contributed by atoms with van der Waals surface area (Å²) in [7, 11) is 0. The molecule has 0 radical (unpaired) electrons. The highest BCUT2D eigenvalue weighted by molar-refractivity contribution is 14.1. The van der Waals surface area contributed by atoms with Gasteiger partial charge in [0.25, 0.3) is 5.91 Å². The summed E-state index contributed by atoms with van der Waals surface area (Å²) in [5.41, 5.74) is 2.16. The number of amides is 1. The molecule has 3 N–H and O–H groups in total. The van der Waals surface area contributed by atoms with Gasteiger partial charge in [-0.15, -0.1) is 0 Å². The molecule has 0 fully saturated rings. The molecule has 0 atom stereocenters. The van der Waals surface area contributed by atoms with Crippen LogP contribution in [-0.4, -0.2) is 33.6 Å². The number of benzene rings is 1. The standard InChI is InChI=1S/C16H13F2IN4O3/c17-10-5-9(19)1-2-12(10)21-15-13-6-20-8-23(13)7-11(18)14(15)16(25)22-26-4-3-24/h1-2,5-8,21,24H,3-4H2,(H,22,25). The first kappa shape index (κ1) is 18.5. The fourth-order valence-electron chi connectivity index (χ4n) is 2.32. The van der Waals surface area contributed by atoms with E-state index in [0.717, 1.165) is 6.20 Å². The number of aromatic nitrogens is 2. The number of imidazole rings is 1. The van der Waals surface area contributed by atoms with Gasteiger partial charge in [-0.25, -0.2) is 19.2 Å². The summed E-state index contributed by atoms with van der Waals surface area (Å²) >= 11 is 1.96. The van der Waals surface area contributed by atoms with E-state index in [9.17, 15) is 13.6 Å². The normalized spacial score (nSPS) is 10.9. The maximum atomic E-state index is 14.5. The topological polar surface area (TPSA) is 87.9 Å². The third kappa shape index (κ3) is 3.76. The Bertz CT molecular complexity index is 964. The van der Waals surface area contributed by atoms with Crippen molar-refractivity contribution in [3.8, 4) is 0 Å². The van der Waals surface area contributed by atoms with E-state index in [4.69, 9.17) is 9.94 Å². The summed E-state index contributed by atoms with van der Waals surface area (Å²) in [6.07, 6.45) is 3.86. The smallest absolute Gasteiger partial charge is 0.280 e. The second kappa shape index (κ2) is 7.93. The number of nitrogens with one attached hydrogen (secondary N) is 2. The molecular formula is C16H13F2IN4O3. The molecule has 0 aliphatic rings. The Morgan fingerprint density at radius 1 is 1.35 bits per heavy atom. The molecule has 1 aromatic carbocycles. The lowest BCUT2D eigenvalue weighted by molar-refractivity contribution is 0.0166. The van der Waals surface area contributed by atoms with E-state index in [1.54, 1.807) is 6.07 Å². The lowest BCUT2D eigenvalue weighted by Crippen LogP contribution is -2.27. The number of aliphatic hydroxyl groups excluding tert-OH is 1. The van der Waals surface area contributed by atoms with Gasteiger partial charge in [-0.2, -0.15) is 0 Å². The van der Waals surface area contributed by atoms with E-state index in [2.05, 4.69) is 10.3 Å². The Morgan fingerprint density at radius 3 is 2.88 bits per heavy atom. The summed E-state index contributed by atoms with van der Waals surface area (Å²) in [4.78, 5) is 21.0. The molecule has 26 heavy (non-hydrogen) atoms. The predicted molar refractivity (Wildman–Crippen MR) is 98.1 cm³/mol. The first-order valence-electron chi connectivity index (χ1n) is 7.40. The SMILES string of the molecule is O=C(NOCCO)c1c(F)cn2cncc2c1Nc1ccc(I)cc1F. The zero-order valence-electron chi connectivity index (χ0n) is 13.2. The zero-order chi connectivity index (χ0) is 18.7. The monoisotopic (exact) mass is 474 g/mol. The Hall–Kier alpha value is -2.31. The van der Waals surface area contributed by atoms with E-state index in [1.165, 1.54) is 29.1 Å². The summed E-state index contributed by atoms with van der Waals surface area (Å²) in [6, 6.07) is 4.46. The van der Waals surface area contributed by atoms with Crippen molar-refractivity contribution in [2.45, 2.75) is 0 Å². The molecule has 1 amide bonds. The number of nitrogens with zero attached hydrogens (tertiary/aromatic N) is 2. The van der Waals surface area contributed by atoms with Crippen molar-refractivity contribution >= 4 is 45.4 Å². The Balaban J connectivity index is 2.07. The number of halogens is 3. The van der Waals surface area contributed by atoms with Crippen LogP contribution in [0.5, 0.6) is 0 Å². The minimum absolute atomic E-state index is 0.0349. The highest BCUT2D eigenvalue weighted by Crippen LogP contribution is 2.30. The van der Waals surface area contributed by atoms with Crippen molar-refractivity contribution in [2.75, 3.05) is 18.5 Å².